The maximum atomic E-state index is 13.4. The van der Waals surface area contributed by atoms with Crippen LogP contribution in [0.5, 0.6) is 5.75 Å². The average molecular weight is 235 g/mol. The van der Waals surface area contributed by atoms with E-state index in [1.54, 1.807) is 23.0 Å². The molecule has 0 saturated heterocycles. The van der Waals surface area contributed by atoms with Gasteiger partial charge >= 0.3 is 0 Å². The molecule has 1 aromatic heterocycles. The second-order valence-corrected chi connectivity index (χ2v) is 3.73. The van der Waals surface area contributed by atoms with Gasteiger partial charge in [0, 0.05) is 37.1 Å². The monoisotopic (exact) mass is 235 g/mol. The van der Waals surface area contributed by atoms with Crippen molar-refractivity contribution in [3.05, 3.63) is 42.0 Å². The van der Waals surface area contributed by atoms with E-state index in [0.29, 0.717) is 12.2 Å². The highest BCUT2D eigenvalue weighted by atomic mass is 19.1. The lowest BCUT2D eigenvalue weighted by Gasteiger charge is -2.07. The fourth-order valence-electron chi connectivity index (χ4n) is 1.54. The van der Waals surface area contributed by atoms with E-state index in [1.165, 1.54) is 13.2 Å². The minimum absolute atomic E-state index is 0.247. The quantitative estimate of drug-likeness (QED) is 0.882. The SMILES string of the molecule is COc1ccc(NCc2cnn(C)c2)cc1F. The Morgan fingerprint density at radius 1 is 1.47 bits per heavy atom. The normalized spacial score (nSPS) is 10.3. The van der Waals surface area contributed by atoms with Crippen LogP contribution in [0.25, 0.3) is 0 Å². The molecule has 0 spiro atoms. The Labute approximate surface area is 99.0 Å². The predicted molar refractivity (Wildman–Crippen MR) is 63.5 cm³/mol. The molecule has 0 bridgehead atoms. The molecule has 5 heteroatoms. The first kappa shape index (κ1) is 11.4. The molecule has 0 aliphatic rings. The molecule has 1 aromatic carbocycles. The zero-order valence-corrected chi connectivity index (χ0v) is 9.77. The predicted octanol–water partition coefficient (Wildman–Crippen LogP) is 2.18. The summed E-state index contributed by atoms with van der Waals surface area (Å²) in [4.78, 5) is 0. The Hall–Kier alpha value is -2.04. The van der Waals surface area contributed by atoms with E-state index >= 15 is 0 Å². The van der Waals surface area contributed by atoms with Gasteiger partial charge in [0.25, 0.3) is 0 Å². The van der Waals surface area contributed by atoms with Gasteiger partial charge in [0.2, 0.25) is 0 Å². The van der Waals surface area contributed by atoms with Crippen LogP contribution in [0.3, 0.4) is 0 Å². The standard InChI is InChI=1S/C12H14FN3O/c1-16-8-9(7-15-16)6-14-10-3-4-12(17-2)11(13)5-10/h3-5,7-8,14H,6H2,1-2H3. The molecule has 2 rings (SSSR count). The average Bonchev–Trinajstić information content (AvgIpc) is 2.73. The Morgan fingerprint density at radius 2 is 2.29 bits per heavy atom. The number of nitrogens with zero attached hydrogens (tertiary/aromatic N) is 2. The number of halogens is 1. The number of benzene rings is 1. The van der Waals surface area contributed by atoms with Crippen molar-refractivity contribution in [3.8, 4) is 5.75 Å². The largest absolute Gasteiger partial charge is 0.494 e. The third-order valence-corrected chi connectivity index (χ3v) is 2.41. The van der Waals surface area contributed by atoms with Crippen molar-refractivity contribution >= 4 is 5.69 Å². The lowest BCUT2D eigenvalue weighted by molar-refractivity contribution is 0.386. The van der Waals surface area contributed by atoms with Crippen molar-refractivity contribution in [3.63, 3.8) is 0 Å². The van der Waals surface area contributed by atoms with Crippen molar-refractivity contribution in [2.75, 3.05) is 12.4 Å². The summed E-state index contributed by atoms with van der Waals surface area (Å²) in [5.74, 6) is -0.124. The summed E-state index contributed by atoms with van der Waals surface area (Å²) >= 11 is 0. The van der Waals surface area contributed by atoms with Crippen LogP contribution < -0.4 is 10.1 Å². The highest BCUT2D eigenvalue weighted by molar-refractivity contribution is 5.47. The van der Waals surface area contributed by atoms with Gasteiger partial charge < -0.3 is 10.1 Å². The molecule has 1 heterocycles. The maximum Gasteiger partial charge on any atom is 0.167 e. The Morgan fingerprint density at radius 3 is 2.88 bits per heavy atom. The molecule has 90 valence electrons. The maximum absolute atomic E-state index is 13.4. The number of anilines is 1. The van der Waals surface area contributed by atoms with Crippen LogP contribution >= 0.6 is 0 Å². The molecule has 0 amide bonds. The summed E-state index contributed by atoms with van der Waals surface area (Å²) in [6.07, 6.45) is 3.68. The Kier molecular flexibility index (Phi) is 3.27. The molecule has 0 aliphatic carbocycles. The van der Waals surface area contributed by atoms with E-state index in [2.05, 4.69) is 10.4 Å². The molecule has 0 saturated carbocycles. The number of rotatable bonds is 4. The number of hydrogen-bond acceptors (Lipinski definition) is 3. The van der Waals surface area contributed by atoms with Crippen LogP contribution in [0.4, 0.5) is 10.1 Å². The smallest absolute Gasteiger partial charge is 0.167 e. The van der Waals surface area contributed by atoms with E-state index < -0.39 is 0 Å². The van der Waals surface area contributed by atoms with E-state index in [0.717, 1.165) is 5.56 Å². The molecule has 0 radical (unpaired) electrons. The molecule has 0 atom stereocenters. The summed E-state index contributed by atoms with van der Waals surface area (Å²) in [6.45, 7) is 0.611. The summed E-state index contributed by atoms with van der Waals surface area (Å²) in [7, 11) is 3.30. The summed E-state index contributed by atoms with van der Waals surface area (Å²) < 4.78 is 20.0. The van der Waals surface area contributed by atoms with E-state index in [-0.39, 0.29) is 11.6 Å². The number of nitrogens with one attached hydrogen (secondary N) is 1. The highest BCUT2D eigenvalue weighted by Gasteiger charge is 2.03. The molecule has 1 N–H and O–H groups in total. The van der Waals surface area contributed by atoms with Crippen molar-refractivity contribution in [1.29, 1.82) is 0 Å². The van der Waals surface area contributed by atoms with Crippen molar-refractivity contribution in [2.24, 2.45) is 7.05 Å². The van der Waals surface area contributed by atoms with Gasteiger partial charge in [0.15, 0.2) is 11.6 Å². The van der Waals surface area contributed by atoms with Crippen molar-refractivity contribution in [1.82, 2.24) is 9.78 Å². The summed E-state index contributed by atoms with van der Waals surface area (Å²) in [6, 6.07) is 4.79. The minimum atomic E-state index is -0.372. The molecule has 0 unspecified atom stereocenters. The zero-order chi connectivity index (χ0) is 12.3. The van der Waals surface area contributed by atoms with Gasteiger partial charge in [0.1, 0.15) is 0 Å². The molecule has 4 nitrogen and oxygen atoms in total. The topological polar surface area (TPSA) is 39.1 Å². The second kappa shape index (κ2) is 4.86. The third kappa shape index (κ3) is 2.75. The van der Waals surface area contributed by atoms with Gasteiger partial charge in [-0.25, -0.2) is 4.39 Å². The van der Waals surface area contributed by atoms with Crippen LogP contribution in [-0.2, 0) is 13.6 Å². The number of methoxy groups -OCH3 is 1. The third-order valence-electron chi connectivity index (χ3n) is 2.41. The highest BCUT2D eigenvalue weighted by Crippen LogP contribution is 2.20. The van der Waals surface area contributed by atoms with Gasteiger partial charge in [-0.2, -0.15) is 5.10 Å². The summed E-state index contributed by atoms with van der Waals surface area (Å²) in [5.41, 5.74) is 1.76. The lowest BCUT2D eigenvalue weighted by Crippen LogP contribution is -1.99. The molecular weight excluding hydrogens is 221 g/mol. The molecule has 17 heavy (non-hydrogen) atoms. The van der Waals surface area contributed by atoms with E-state index in [1.807, 2.05) is 13.2 Å². The molecular formula is C12H14FN3O. The number of aromatic nitrogens is 2. The zero-order valence-electron chi connectivity index (χ0n) is 9.77. The van der Waals surface area contributed by atoms with Crippen LogP contribution in [0, 0.1) is 5.82 Å². The number of aryl methyl sites for hydroxylation is 1. The van der Waals surface area contributed by atoms with Gasteiger partial charge in [-0.15, -0.1) is 0 Å². The van der Waals surface area contributed by atoms with Crippen molar-refractivity contribution < 1.29 is 9.13 Å². The van der Waals surface area contributed by atoms with Crippen LogP contribution in [0.15, 0.2) is 30.6 Å². The Balaban J connectivity index is 2.02. The van der Waals surface area contributed by atoms with Crippen LogP contribution in [-0.4, -0.2) is 16.9 Å². The van der Waals surface area contributed by atoms with Gasteiger partial charge in [0.05, 0.1) is 13.3 Å². The number of hydrogen-bond donors (Lipinski definition) is 1. The summed E-state index contributed by atoms with van der Waals surface area (Å²) in [5, 5.41) is 7.17. The fourth-order valence-corrected chi connectivity index (χ4v) is 1.54. The van der Waals surface area contributed by atoms with Gasteiger partial charge in [-0.05, 0) is 12.1 Å². The molecule has 2 aromatic rings. The van der Waals surface area contributed by atoms with Gasteiger partial charge in [-0.3, -0.25) is 4.68 Å². The molecule has 0 fully saturated rings. The minimum Gasteiger partial charge on any atom is -0.494 e. The van der Waals surface area contributed by atoms with E-state index in [4.69, 9.17) is 4.74 Å². The van der Waals surface area contributed by atoms with Crippen LogP contribution in [0.1, 0.15) is 5.56 Å². The van der Waals surface area contributed by atoms with E-state index in [9.17, 15) is 4.39 Å². The van der Waals surface area contributed by atoms with Crippen LogP contribution in [0.2, 0.25) is 0 Å². The first-order valence-electron chi connectivity index (χ1n) is 5.24. The first-order chi connectivity index (χ1) is 8.19. The molecule has 0 aliphatic heterocycles. The van der Waals surface area contributed by atoms with Gasteiger partial charge in [-0.1, -0.05) is 0 Å². The Bertz CT molecular complexity index is 510. The first-order valence-corrected chi connectivity index (χ1v) is 5.24. The lowest BCUT2D eigenvalue weighted by atomic mass is 10.2. The number of ether oxygens (including phenoxy) is 1. The second-order valence-electron chi connectivity index (χ2n) is 3.73. The fraction of sp³-hybridized carbons (Fsp3) is 0.250. The van der Waals surface area contributed by atoms with Crippen molar-refractivity contribution in [2.45, 2.75) is 6.54 Å².